The quantitative estimate of drug-likeness (QED) is 0.525. The van der Waals surface area contributed by atoms with E-state index in [1.54, 1.807) is 19.1 Å². The smallest absolute Gasteiger partial charge is 0.305 e. The zero-order valence-corrected chi connectivity index (χ0v) is 19.0. The van der Waals surface area contributed by atoms with Crippen LogP contribution in [0.4, 0.5) is 0 Å². The highest BCUT2D eigenvalue weighted by molar-refractivity contribution is 5.83. The van der Waals surface area contributed by atoms with Gasteiger partial charge in [0, 0.05) is 18.8 Å². The molecule has 1 aromatic carbocycles. The number of ether oxygens (including phenoxy) is 1. The minimum Gasteiger partial charge on any atom is -0.508 e. The largest absolute Gasteiger partial charge is 0.508 e. The van der Waals surface area contributed by atoms with Gasteiger partial charge in [-0.15, -0.1) is 0 Å². The summed E-state index contributed by atoms with van der Waals surface area (Å²) in [6.45, 7) is 8.59. The van der Waals surface area contributed by atoms with E-state index in [4.69, 9.17) is 4.74 Å². The van der Waals surface area contributed by atoms with E-state index in [2.05, 4.69) is 20.8 Å². The number of Topliss-reactive ketones (excluding diaryl/α,β-unsaturated/α-hetero) is 1. The first kappa shape index (κ1) is 22.6. The van der Waals surface area contributed by atoms with E-state index in [1.165, 1.54) is 7.11 Å². The summed E-state index contributed by atoms with van der Waals surface area (Å²) in [7, 11) is 1.39. The standard InChI is InChI=1S/C25H36O5/c1-15-12-18(26)13-17(23(15)29)14-25(4)16(2)10-11-24(3)19(6-9-22(28)30-5)20(27)7-8-21(24)25/h12-13,16,19,21,26,29H,6-11,14H2,1-5H3/t16-,19+,21-,24-,25-/m1/s1. The highest BCUT2D eigenvalue weighted by Crippen LogP contribution is 2.63. The number of phenolic OH excluding ortho intramolecular Hbond substituents is 2. The van der Waals surface area contributed by atoms with Gasteiger partial charge < -0.3 is 14.9 Å². The third-order valence-corrected chi connectivity index (χ3v) is 8.50. The lowest BCUT2D eigenvalue weighted by Crippen LogP contribution is -2.56. The van der Waals surface area contributed by atoms with E-state index in [9.17, 15) is 19.8 Å². The van der Waals surface area contributed by atoms with Crippen LogP contribution in [0.25, 0.3) is 0 Å². The molecule has 5 nitrogen and oxygen atoms in total. The van der Waals surface area contributed by atoms with Gasteiger partial charge in [-0.25, -0.2) is 0 Å². The predicted octanol–water partition coefficient (Wildman–Crippen LogP) is 4.94. The SMILES string of the molecule is COC(=O)CC[C@H]1C(=O)CC[C@H]2[C@](C)(Cc3cc(O)cc(C)c3O)[C@H](C)CC[C@@]21C. The Labute approximate surface area is 179 Å². The third kappa shape index (κ3) is 3.83. The first-order valence-electron chi connectivity index (χ1n) is 11.1. The summed E-state index contributed by atoms with van der Waals surface area (Å²) >= 11 is 0. The molecule has 5 heteroatoms. The molecule has 30 heavy (non-hydrogen) atoms. The molecule has 0 aliphatic heterocycles. The molecule has 0 amide bonds. The Morgan fingerprint density at radius 3 is 2.60 bits per heavy atom. The van der Waals surface area contributed by atoms with E-state index < -0.39 is 0 Å². The van der Waals surface area contributed by atoms with Crippen molar-refractivity contribution in [1.29, 1.82) is 0 Å². The predicted molar refractivity (Wildman–Crippen MR) is 115 cm³/mol. The Bertz CT molecular complexity index is 831. The molecular weight excluding hydrogens is 380 g/mol. The summed E-state index contributed by atoms with van der Waals surface area (Å²) in [6, 6.07) is 3.26. The van der Waals surface area contributed by atoms with Gasteiger partial charge in [-0.05, 0) is 85.0 Å². The molecule has 0 aromatic heterocycles. The summed E-state index contributed by atoms with van der Waals surface area (Å²) in [5, 5.41) is 20.8. The van der Waals surface area contributed by atoms with Crippen LogP contribution in [-0.4, -0.2) is 29.1 Å². The van der Waals surface area contributed by atoms with E-state index in [0.29, 0.717) is 36.7 Å². The van der Waals surface area contributed by atoms with Crippen molar-refractivity contribution in [2.24, 2.45) is 28.6 Å². The molecule has 0 bridgehead atoms. The second-order valence-electron chi connectivity index (χ2n) is 10.1. The number of esters is 1. The Morgan fingerprint density at radius 2 is 1.93 bits per heavy atom. The van der Waals surface area contributed by atoms with Crippen molar-refractivity contribution in [3.8, 4) is 11.5 Å². The first-order valence-corrected chi connectivity index (χ1v) is 11.1. The number of carbonyl (C=O) groups excluding carboxylic acids is 2. The van der Waals surface area contributed by atoms with Crippen LogP contribution in [0.1, 0.15) is 70.4 Å². The van der Waals surface area contributed by atoms with Crippen LogP contribution >= 0.6 is 0 Å². The maximum absolute atomic E-state index is 12.9. The van der Waals surface area contributed by atoms with Crippen LogP contribution in [0.2, 0.25) is 0 Å². The molecule has 0 heterocycles. The minimum absolute atomic E-state index is 0.116. The second kappa shape index (κ2) is 8.24. The van der Waals surface area contributed by atoms with Gasteiger partial charge >= 0.3 is 5.97 Å². The van der Waals surface area contributed by atoms with E-state index >= 15 is 0 Å². The van der Waals surface area contributed by atoms with Crippen molar-refractivity contribution >= 4 is 11.8 Å². The summed E-state index contributed by atoms with van der Waals surface area (Å²) in [4.78, 5) is 24.7. The fourth-order valence-corrected chi connectivity index (χ4v) is 6.56. The van der Waals surface area contributed by atoms with Gasteiger partial charge in [0.1, 0.15) is 17.3 Å². The molecule has 0 radical (unpaired) electrons. The van der Waals surface area contributed by atoms with Crippen LogP contribution < -0.4 is 0 Å². The maximum Gasteiger partial charge on any atom is 0.305 e. The van der Waals surface area contributed by atoms with Gasteiger partial charge in [-0.3, -0.25) is 9.59 Å². The molecular formula is C25H36O5. The molecule has 0 unspecified atom stereocenters. The van der Waals surface area contributed by atoms with Crippen molar-refractivity contribution < 1.29 is 24.5 Å². The Kier molecular flexibility index (Phi) is 6.22. The number of rotatable bonds is 5. The average molecular weight is 417 g/mol. The minimum atomic E-state index is -0.263. The number of hydrogen-bond donors (Lipinski definition) is 2. The number of ketones is 1. The lowest BCUT2D eigenvalue weighted by molar-refractivity contribution is -0.152. The van der Waals surface area contributed by atoms with Crippen molar-refractivity contribution in [3.05, 3.63) is 23.3 Å². The van der Waals surface area contributed by atoms with Gasteiger partial charge in [-0.1, -0.05) is 20.8 Å². The number of benzene rings is 1. The number of hydrogen-bond acceptors (Lipinski definition) is 5. The normalized spacial score (nSPS) is 33.8. The maximum atomic E-state index is 12.9. The summed E-state index contributed by atoms with van der Waals surface area (Å²) in [5.74, 6) is 1.02. The fraction of sp³-hybridized carbons (Fsp3) is 0.680. The zero-order chi connectivity index (χ0) is 22.3. The van der Waals surface area contributed by atoms with Gasteiger partial charge in [-0.2, -0.15) is 0 Å². The number of carbonyl (C=O) groups is 2. The van der Waals surface area contributed by atoms with Crippen LogP contribution in [0.5, 0.6) is 11.5 Å². The number of aromatic hydroxyl groups is 2. The van der Waals surface area contributed by atoms with Crippen LogP contribution in [0, 0.1) is 35.5 Å². The van der Waals surface area contributed by atoms with Gasteiger partial charge in [0.25, 0.3) is 0 Å². The van der Waals surface area contributed by atoms with Gasteiger partial charge in [0.05, 0.1) is 7.11 Å². The summed E-state index contributed by atoms with van der Waals surface area (Å²) in [6.07, 6.45) is 4.82. The highest BCUT2D eigenvalue weighted by atomic mass is 16.5. The monoisotopic (exact) mass is 416 g/mol. The Balaban J connectivity index is 1.96. The topological polar surface area (TPSA) is 83.8 Å². The van der Waals surface area contributed by atoms with E-state index in [0.717, 1.165) is 24.8 Å². The number of fused-ring (bicyclic) bond motifs is 1. The molecule has 0 saturated heterocycles. The Hall–Kier alpha value is -2.04. The zero-order valence-electron chi connectivity index (χ0n) is 19.0. The molecule has 2 saturated carbocycles. The fourth-order valence-electron chi connectivity index (χ4n) is 6.56. The molecule has 2 aliphatic carbocycles. The van der Waals surface area contributed by atoms with Crippen LogP contribution in [0.15, 0.2) is 12.1 Å². The van der Waals surface area contributed by atoms with Crippen molar-refractivity contribution in [2.45, 2.75) is 72.6 Å². The molecule has 166 valence electrons. The highest BCUT2D eigenvalue weighted by Gasteiger charge is 2.58. The van der Waals surface area contributed by atoms with Gasteiger partial charge in [0.15, 0.2) is 0 Å². The molecule has 2 N–H and O–H groups in total. The first-order chi connectivity index (χ1) is 14.0. The Morgan fingerprint density at radius 1 is 1.23 bits per heavy atom. The second-order valence-corrected chi connectivity index (χ2v) is 10.1. The number of phenols is 2. The molecule has 0 spiro atoms. The molecule has 2 aliphatic rings. The molecule has 5 atom stereocenters. The van der Waals surface area contributed by atoms with Crippen molar-refractivity contribution in [2.75, 3.05) is 7.11 Å². The molecule has 2 fully saturated rings. The van der Waals surface area contributed by atoms with Crippen molar-refractivity contribution in [1.82, 2.24) is 0 Å². The summed E-state index contributed by atoms with van der Waals surface area (Å²) < 4.78 is 4.82. The molecule has 3 rings (SSSR count). The molecule has 1 aromatic rings. The number of methoxy groups -OCH3 is 1. The lowest BCUT2D eigenvalue weighted by atomic mass is 9.44. The average Bonchev–Trinajstić information content (AvgIpc) is 2.68. The van der Waals surface area contributed by atoms with Gasteiger partial charge in [0.2, 0.25) is 0 Å². The lowest BCUT2D eigenvalue weighted by Gasteiger charge is -2.60. The van der Waals surface area contributed by atoms with E-state index in [-0.39, 0.29) is 46.4 Å². The van der Waals surface area contributed by atoms with Crippen LogP contribution in [-0.2, 0) is 20.7 Å². The van der Waals surface area contributed by atoms with E-state index in [1.807, 2.05) is 0 Å². The van der Waals surface area contributed by atoms with Crippen molar-refractivity contribution in [3.63, 3.8) is 0 Å². The van der Waals surface area contributed by atoms with Crippen LogP contribution in [0.3, 0.4) is 0 Å². The third-order valence-electron chi connectivity index (χ3n) is 8.50. The summed E-state index contributed by atoms with van der Waals surface area (Å²) in [5.41, 5.74) is 1.16. The number of aryl methyl sites for hydroxylation is 1.